The van der Waals surface area contributed by atoms with E-state index in [1.54, 1.807) is 12.1 Å². The van der Waals surface area contributed by atoms with Crippen molar-refractivity contribution in [3.63, 3.8) is 0 Å². The third-order valence-corrected chi connectivity index (χ3v) is 1.83. The fraction of sp³-hybridized carbons (Fsp3) is 0. The predicted octanol–water partition coefficient (Wildman–Crippen LogP) is 1.20. The van der Waals surface area contributed by atoms with Gasteiger partial charge < -0.3 is 11.5 Å². The second-order valence-corrected chi connectivity index (χ2v) is 3.35. The quantitative estimate of drug-likeness (QED) is 0.475. The van der Waals surface area contributed by atoms with Gasteiger partial charge in [0.25, 0.3) is 0 Å². The maximum atomic E-state index is 13.1. The van der Waals surface area contributed by atoms with Crippen molar-refractivity contribution in [1.29, 1.82) is 0 Å². The van der Waals surface area contributed by atoms with E-state index in [1.807, 2.05) is 0 Å². The summed E-state index contributed by atoms with van der Waals surface area (Å²) in [5.41, 5.74) is 10.4. The highest BCUT2D eigenvalue weighted by molar-refractivity contribution is 9.10. The van der Waals surface area contributed by atoms with Crippen LogP contribution in [0, 0.1) is 5.82 Å². The molecule has 4 N–H and O–H groups in total. The van der Waals surface area contributed by atoms with Crippen LogP contribution in [0.1, 0.15) is 5.56 Å². The van der Waals surface area contributed by atoms with E-state index in [2.05, 4.69) is 26.1 Å². The lowest BCUT2D eigenvalue weighted by Crippen LogP contribution is -2.21. The average Bonchev–Trinajstić information content (AvgIpc) is 2.08. The van der Waals surface area contributed by atoms with Gasteiger partial charge in [0, 0.05) is 10.0 Å². The summed E-state index contributed by atoms with van der Waals surface area (Å²) in [6.45, 7) is 0. The number of halogens is 2. The van der Waals surface area contributed by atoms with Crippen molar-refractivity contribution in [2.45, 2.75) is 0 Å². The van der Waals surface area contributed by atoms with E-state index in [9.17, 15) is 4.39 Å². The molecule has 1 aromatic rings. The lowest BCUT2D eigenvalue weighted by molar-refractivity contribution is 0.625. The molecule has 0 saturated carbocycles. The van der Waals surface area contributed by atoms with Gasteiger partial charge in [0.15, 0.2) is 0 Å². The fourth-order valence-electron chi connectivity index (χ4n) is 0.764. The van der Waals surface area contributed by atoms with Crippen molar-refractivity contribution >= 4 is 28.1 Å². The minimum atomic E-state index is -0.395. The number of guanidine groups is 1. The maximum absolute atomic E-state index is 13.1. The van der Waals surface area contributed by atoms with E-state index < -0.39 is 5.82 Å². The van der Waals surface area contributed by atoms with Crippen molar-refractivity contribution in [3.8, 4) is 0 Å². The molecule has 1 rings (SSSR count). The van der Waals surface area contributed by atoms with Gasteiger partial charge in [0.1, 0.15) is 5.82 Å². The lowest BCUT2D eigenvalue weighted by atomic mass is 10.2. The molecular formula is C8H8BrFN4. The third kappa shape index (κ3) is 3.14. The largest absolute Gasteiger partial charge is 0.369 e. The zero-order chi connectivity index (χ0) is 10.6. The van der Waals surface area contributed by atoms with Crippen LogP contribution in [0.4, 0.5) is 4.39 Å². The zero-order valence-corrected chi connectivity index (χ0v) is 8.70. The third-order valence-electron chi connectivity index (χ3n) is 1.33. The molecule has 0 radical (unpaired) electrons. The summed E-state index contributed by atoms with van der Waals surface area (Å²) in [5, 5.41) is 6.84. The van der Waals surface area contributed by atoms with Gasteiger partial charge in [-0.1, -0.05) is 15.9 Å². The topological polar surface area (TPSA) is 76.8 Å². The molecule has 14 heavy (non-hydrogen) atoms. The Morgan fingerprint density at radius 1 is 1.43 bits per heavy atom. The van der Waals surface area contributed by atoms with Crippen LogP contribution in [-0.2, 0) is 0 Å². The van der Waals surface area contributed by atoms with Crippen LogP contribution in [0.15, 0.2) is 32.9 Å². The molecule has 0 aliphatic rings. The van der Waals surface area contributed by atoms with Gasteiger partial charge in [0.05, 0.1) is 6.21 Å². The molecule has 4 nitrogen and oxygen atoms in total. The van der Waals surface area contributed by atoms with Crippen molar-refractivity contribution in [1.82, 2.24) is 0 Å². The Morgan fingerprint density at radius 2 is 2.14 bits per heavy atom. The summed E-state index contributed by atoms with van der Waals surface area (Å²) in [5.74, 6) is -0.562. The van der Waals surface area contributed by atoms with Gasteiger partial charge >= 0.3 is 0 Å². The van der Waals surface area contributed by atoms with Crippen molar-refractivity contribution in [2.24, 2.45) is 21.7 Å². The monoisotopic (exact) mass is 258 g/mol. The Hall–Kier alpha value is -1.43. The normalized spacial score (nSPS) is 10.4. The minimum Gasteiger partial charge on any atom is -0.369 e. The summed E-state index contributed by atoms with van der Waals surface area (Å²) < 4.78 is 13.8. The Bertz CT molecular complexity index is 385. The molecule has 0 aliphatic carbocycles. The van der Waals surface area contributed by atoms with Crippen LogP contribution in [0.2, 0.25) is 0 Å². The van der Waals surface area contributed by atoms with Gasteiger partial charge in [-0.3, -0.25) is 0 Å². The maximum Gasteiger partial charge on any atom is 0.211 e. The second kappa shape index (κ2) is 4.71. The number of nitrogens with zero attached hydrogens (tertiary/aromatic N) is 2. The molecule has 1 aromatic carbocycles. The highest BCUT2D eigenvalue weighted by Gasteiger charge is 1.98. The molecule has 0 amide bonds. The van der Waals surface area contributed by atoms with Crippen LogP contribution in [-0.4, -0.2) is 12.2 Å². The molecular weight excluding hydrogens is 251 g/mol. The van der Waals surface area contributed by atoms with E-state index in [-0.39, 0.29) is 5.96 Å². The first kappa shape index (κ1) is 10.6. The molecule has 0 bridgehead atoms. The first-order valence-corrected chi connectivity index (χ1v) is 4.46. The van der Waals surface area contributed by atoms with Gasteiger partial charge in [-0.2, -0.15) is 5.10 Å². The predicted molar refractivity (Wildman–Crippen MR) is 57.5 cm³/mol. The molecule has 0 fully saturated rings. The zero-order valence-electron chi connectivity index (χ0n) is 7.11. The Kier molecular flexibility index (Phi) is 3.58. The van der Waals surface area contributed by atoms with Crippen LogP contribution in [0.3, 0.4) is 0 Å². The van der Waals surface area contributed by atoms with Gasteiger partial charge in [-0.15, -0.1) is 5.10 Å². The Labute approximate surface area is 88.6 Å². The smallest absolute Gasteiger partial charge is 0.211 e. The first-order valence-electron chi connectivity index (χ1n) is 3.66. The van der Waals surface area contributed by atoms with E-state index in [0.717, 1.165) is 0 Å². The second-order valence-electron chi connectivity index (χ2n) is 2.44. The first-order chi connectivity index (χ1) is 6.59. The number of hydrogen-bond donors (Lipinski definition) is 2. The molecule has 0 aliphatic heterocycles. The standard InChI is InChI=1S/C8H8BrFN4/c9-6-2-1-5(7(10)3-6)4-13-14-8(11)12/h1-4H,(H4,11,12,14)/b13-4-. The number of rotatable bonds is 2. The van der Waals surface area contributed by atoms with E-state index >= 15 is 0 Å². The molecule has 0 unspecified atom stereocenters. The van der Waals surface area contributed by atoms with Crippen LogP contribution in [0.25, 0.3) is 0 Å². The van der Waals surface area contributed by atoms with Gasteiger partial charge in [-0.25, -0.2) is 4.39 Å². The van der Waals surface area contributed by atoms with Crippen molar-refractivity contribution in [3.05, 3.63) is 34.1 Å². The minimum absolute atomic E-state index is 0.168. The highest BCUT2D eigenvalue weighted by Crippen LogP contribution is 2.13. The van der Waals surface area contributed by atoms with Crippen molar-refractivity contribution in [2.75, 3.05) is 0 Å². The average molecular weight is 259 g/mol. The summed E-state index contributed by atoms with van der Waals surface area (Å²) >= 11 is 3.14. The van der Waals surface area contributed by atoms with Crippen molar-refractivity contribution < 1.29 is 4.39 Å². The fourth-order valence-corrected chi connectivity index (χ4v) is 1.10. The Morgan fingerprint density at radius 3 is 2.71 bits per heavy atom. The molecule has 0 spiro atoms. The summed E-state index contributed by atoms with van der Waals surface area (Å²) in [6.07, 6.45) is 1.24. The molecule has 0 heterocycles. The molecule has 0 atom stereocenters. The van der Waals surface area contributed by atoms with Crippen LogP contribution < -0.4 is 11.5 Å². The number of benzene rings is 1. The molecule has 6 heteroatoms. The Balaban J connectivity index is 2.87. The van der Waals surface area contributed by atoms with Gasteiger partial charge in [0.2, 0.25) is 5.96 Å². The van der Waals surface area contributed by atoms with E-state index in [1.165, 1.54) is 12.3 Å². The summed E-state index contributed by atoms with van der Waals surface area (Å²) in [4.78, 5) is 0. The highest BCUT2D eigenvalue weighted by atomic mass is 79.9. The van der Waals surface area contributed by atoms with Crippen LogP contribution >= 0.6 is 15.9 Å². The molecule has 0 aromatic heterocycles. The molecule has 74 valence electrons. The lowest BCUT2D eigenvalue weighted by Gasteiger charge is -1.95. The summed E-state index contributed by atoms with van der Waals surface area (Å²) in [7, 11) is 0. The van der Waals surface area contributed by atoms with Crippen LogP contribution in [0.5, 0.6) is 0 Å². The number of nitrogens with two attached hydrogens (primary N) is 2. The summed E-state index contributed by atoms with van der Waals surface area (Å²) in [6, 6.07) is 4.59. The molecule has 0 saturated heterocycles. The van der Waals surface area contributed by atoms with E-state index in [4.69, 9.17) is 11.5 Å². The van der Waals surface area contributed by atoms with E-state index in [0.29, 0.717) is 10.0 Å². The number of hydrogen-bond acceptors (Lipinski definition) is 2. The SMILES string of the molecule is NC(N)=N/N=C\c1ccc(Br)cc1F. The van der Waals surface area contributed by atoms with Gasteiger partial charge in [-0.05, 0) is 18.2 Å².